The Morgan fingerprint density at radius 1 is 1.50 bits per heavy atom. The third kappa shape index (κ3) is 2.00. The van der Waals surface area contributed by atoms with E-state index >= 15 is 0 Å². The summed E-state index contributed by atoms with van der Waals surface area (Å²) in [5, 5.41) is 3.34. The van der Waals surface area contributed by atoms with Gasteiger partial charge in [-0.2, -0.15) is 0 Å². The van der Waals surface area contributed by atoms with Gasteiger partial charge in [-0.3, -0.25) is 0 Å². The molecular formula is C13H19N5. The molecule has 0 radical (unpaired) electrons. The molecular weight excluding hydrogens is 226 g/mol. The topological polar surface area (TPSA) is 45.5 Å². The van der Waals surface area contributed by atoms with Crippen LogP contribution in [0.4, 0.5) is 11.6 Å². The van der Waals surface area contributed by atoms with Gasteiger partial charge in [-0.15, -0.1) is 0 Å². The zero-order valence-corrected chi connectivity index (χ0v) is 10.9. The summed E-state index contributed by atoms with van der Waals surface area (Å²) >= 11 is 0. The number of aromatic nitrogens is 3. The first kappa shape index (κ1) is 11.3. The highest BCUT2D eigenvalue weighted by molar-refractivity contribution is 5.67. The second-order valence-electron chi connectivity index (χ2n) is 4.88. The fraction of sp³-hybridized carbons (Fsp3) is 0.538. The van der Waals surface area contributed by atoms with E-state index in [4.69, 9.17) is 4.98 Å². The zero-order valence-electron chi connectivity index (χ0n) is 10.9. The van der Waals surface area contributed by atoms with Crippen molar-refractivity contribution in [3.8, 4) is 0 Å². The van der Waals surface area contributed by atoms with Gasteiger partial charge < -0.3 is 14.6 Å². The number of anilines is 2. The normalized spacial score (nSPS) is 15.0. The summed E-state index contributed by atoms with van der Waals surface area (Å²) in [5.41, 5.74) is 0.937. The second kappa shape index (κ2) is 4.48. The summed E-state index contributed by atoms with van der Waals surface area (Å²) in [6, 6.07) is 0.638. The van der Waals surface area contributed by atoms with Crippen LogP contribution >= 0.6 is 0 Å². The minimum absolute atomic E-state index is 0.638. The maximum absolute atomic E-state index is 4.70. The summed E-state index contributed by atoms with van der Waals surface area (Å²) in [7, 11) is 2.11. The molecule has 1 fully saturated rings. The van der Waals surface area contributed by atoms with E-state index in [9.17, 15) is 0 Å². The summed E-state index contributed by atoms with van der Waals surface area (Å²) in [4.78, 5) is 11.4. The van der Waals surface area contributed by atoms with Gasteiger partial charge in [0.2, 0.25) is 0 Å². The minimum Gasteiger partial charge on any atom is -0.369 e. The van der Waals surface area contributed by atoms with Crippen LogP contribution in [0.5, 0.6) is 0 Å². The van der Waals surface area contributed by atoms with Crippen molar-refractivity contribution in [1.82, 2.24) is 14.4 Å². The lowest BCUT2D eigenvalue weighted by Crippen LogP contribution is -2.22. The van der Waals surface area contributed by atoms with Gasteiger partial charge in [0.15, 0.2) is 11.5 Å². The van der Waals surface area contributed by atoms with E-state index in [1.54, 1.807) is 0 Å². The van der Waals surface area contributed by atoms with E-state index in [2.05, 4.69) is 29.2 Å². The summed E-state index contributed by atoms with van der Waals surface area (Å²) < 4.78 is 2.04. The maximum atomic E-state index is 4.70. The first-order valence-corrected chi connectivity index (χ1v) is 6.60. The quantitative estimate of drug-likeness (QED) is 0.876. The van der Waals surface area contributed by atoms with E-state index in [0.29, 0.717) is 6.04 Å². The molecule has 0 amide bonds. The number of nitrogens with zero attached hydrogens (tertiary/aromatic N) is 4. The molecule has 5 nitrogen and oxygen atoms in total. The molecule has 18 heavy (non-hydrogen) atoms. The highest BCUT2D eigenvalue weighted by atomic mass is 15.3. The van der Waals surface area contributed by atoms with Gasteiger partial charge in [0.1, 0.15) is 5.82 Å². The van der Waals surface area contributed by atoms with Gasteiger partial charge >= 0.3 is 0 Å². The molecule has 1 aliphatic rings. The molecule has 1 saturated carbocycles. The fourth-order valence-electron chi connectivity index (χ4n) is 2.12. The van der Waals surface area contributed by atoms with Crippen LogP contribution in [0, 0.1) is 0 Å². The Kier molecular flexibility index (Phi) is 2.81. The van der Waals surface area contributed by atoms with Gasteiger partial charge in [-0.25, -0.2) is 9.97 Å². The smallest absolute Gasteiger partial charge is 0.180 e. The molecule has 0 atom stereocenters. The molecule has 1 N–H and O–H groups in total. The summed E-state index contributed by atoms with van der Waals surface area (Å²) in [6.07, 6.45) is 9.41. The summed E-state index contributed by atoms with van der Waals surface area (Å²) in [6.45, 7) is 3.10. The monoisotopic (exact) mass is 245 g/mol. The molecule has 2 aromatic rings. The SMILES string of the molecule is CCCNc1cn2ccnc2c(N(C)C2CC2)n1. The Morgan fingerprint density at radius 3 is 3.06 bits per heavy atom. The Hall–Kier alpha value is -1.78. The lowest BCUT2D eigenvalue weighted by Gasteiger charge is -2.19. The molecule has 1 aliphatic carbocycles. The number of imidazole rings is 1. The Bertz CT molecular complexity index is 543. The van der Waals surface area contributed by atoms with E-state index in [1.807, 2.05) is 23.0 Å². The average Bonchev–Trinajstić information content (AvgIpc) is 3.13. The van der Waals surface area contributed by atoms with Crippen LogP contribution in [-0.2, 0) is 0 Å². The molecule has 2 heterocycles. The predicted molar refractivity (Wildman–Crippen MR) is 73.2 cm³/mol. The van der Waals surface area contributed by atoms with E-state index in [0.717, 1.165) is 30.2 Å². The van der Waals surface area contributed by atoms with Crippen molar-refractivity contribution in [3.63, 3.8) is 0 Å². The number of hydrogen-bond acceptors (Lipinski definition) is 4. The van der Waals surface area contributed by atoms with Crippen molar-refractivity contribution in [2.45, 2.75) is 32.2 Å². The fourth-order valence-corrected chi connectivity index (χ4v) is 2.12. The van der Waals surface area contributed by atoms with Gasteiger partial charge in [-0.05, 0) is 19.3 Å². The van der Waals surface area contributed by atoms with Crippen LogP contribution in [0.25, 0.3) is 5.65 Å². The molecule has 0 spiro atoms. The highest BCUT2D eigenvalue weighted by Gasteiger charge is 2.29. The third-order valence-electron chi connectivity index (χ3n) is 3.34. The molecule has 5 heteroatoms. The van der Waals surface area contributed by atoms with Crippen LogP contribution in [0.3, 0.4) is 0 Å². The Labute approximate surface area is 107 Å². The molecule has 3 rings (SSSR count). The Balaban J connectivity index is 2.00. The summed E-state index contributed by atoms with van der Waals surface area (Å²) in [5.74, 6) is 1.90. The van der Waals surface area contributed by atoms with E-state index in [-0.39, 0.29) is 0 Å². The largest absolute Gasteiger partial charge is 0.369 e. The third-order valence-corrected chi connectivity index (χ3v) is 3.34. The number of rotatable bonds is 5. The lowest BCUT2D eigenvalue weighted by molar-refractivity contribution is 0.882. The number of fused-ring (bicyclic) bond motifs is 1. The van der Waals surface area contributed by atoms with Crippen molar-refractivity contribution in [2.24, 2.45) is 0 Å². The molecule has 96 valence electrons. The highest BCUT2D eigenvalue weighted by Crippen LogP contribution is 2.31. The van der Waals surface area contributed by atoms with Gasteiger partial charge in [0.05, 0.1) is 6.20 Å². The van der Waals surface area contributed by atoms with Crippen LogP contribution in [0.2, 0.25) is 0 Å². The van der Waals surface area contributed by atoms with E-state index < -0.39 is 0 Å². The number of nitrogens with one attached hydrogen (secondary N) is 1. The first-order valence-electron chi connectivity index (χ1n) is 6.60. The average molecular weight is 245 g/mol. The first-order chi connectivity index (χ1) is 8.79. The van der Waals surface area contributed by atoms with Crippen molar-refractivity contribution in [2.75, 3.05) is 23.8 Å². The standard InChI is InChI=1S/C13H19N5/c1-3-6-14-11-9-18-8-7-15-12(18)13(16-11)17(2)10-4-5-10/h7-10,14H,3-6H2,1-2H3. The van der Waals surface area contributed by atoms with E-state index in [1.165, 1.54) is 12.8 Å². The maximum Gasteiger partial charge on any atom is 0.180 e. The van der Waals surface area contributed by atoms with Gasteiger partial charge in [-0.1, -0.05) is 6.92 Å². The molecule has 0 bridgehead atoms. The van der Waals surface area contributed by atoms with Crippen LogP contribution < -0.4 is 10.2 Å². The molecule has 0 aromatic carbocycles. The van der Waals surface area contributed by atoms with Gasteiger partial charge in [0, 0.05) is 32.0 Å². The Morgan fingerprint density at radius 2 is 2.33 bits per heavy atom. The minimum atomic E-state index is 0.638. The van der Waals surface area contributed by atoms with Crippen molar-refractivity contribution in [3.05, 3.63) is 18.6 Å². The van der Waals surface area contributed by atoms with Crippen molar-refractivity contribution >= 4 is 17.3 Å². The predicted octanol–water partition coefficient (Wildman–Crippen LogP) is 2.15. The molecule has 0 saturated heterocycles. The second-order valence-corrected chi connectivity index (χ2v) is 4.88. The zero-order chi connectivity index (χ0) is 12.5. The van der Waals surface area contributed by atoms with Gasteiger partial charge in [0.25, 0.3) is 0 Å². The molecule has 2 aromatic heterocycles. The molecule has 0 unspecified atom stereocenters. The van der Waals surface area contributed by atoms with Crippen LogP contribution in [0.1, 0.15) is 26.2 Å². The van der Waals surface area contributed by atoms with Crippen molar-refractivity contribution < 1.29 is 0 Å². The number of hydrogen-bond donors (Lipinski definition) is 1. The van der Waals surface area contributed by atoms with Crippen LogP contribution in [-0.4, -0.2) is 34.0 Å². The van der Waals surface area contributed by atoms with Crippen molar-refractivity contribution in [1.29, 1.82) is 0 Å². The lowest BCUT2D eigenvalue weighted by atomic mass is 10.4. The van der Waals surface area contributed by atoms with Crippen LogP contribution in [0.15, 0.2) is 18.6 Å². The molecule has 0 aliphatic heterocycles.